The van der Waals surface area contributed by atoms with E-state index in [2.05, 4.69) is 40.3 Å². The first-order valence-corrected chi connectivity index (χ1v) is 8.74. The molecule has 2 fully saturated rings. The van der Waals surface area contributed by atoms with Crippen molar-refractivity contribution in [2.24, 2.45) is 0 Å². The summed E-state index contributed by atoms with van der Waals surface area (Å²) in [7, 11) is 0. The van der Waals surface area contributed by atoms with Crippen molar-refractivity contribution in [3.63, 3.8) is 0 Å². The van der Waals surface area contributed by atoms with Crippen LogP contribution in [0.15, 0.2) is 18.2 Å². The summed E-state index contributed by atoms with van der Waals surface area (Å²) in [5.41, 5.74) is 3.40. The van der Waals surface area contributed by atoms with Gasteiger partial charge in [-0.15, -0.1) is 0 Å². The number of imidazole rings is 1. The normalized spacial score (nSPS) is 17.6. The molecule has 5 nitrogen and oxygen atoms in total. The van der Waals surface area contributed by atoms with Crippen molar-refractivity contribution in [1.82, 2.24) is 20.2 Å². The molecule has 122 valence electrons. The van der Waals surface area contributed by atoms with Crippen LogP contribution in [0.1, 0.15) is 50.0 Å². The van der Waals surface area contributed by atoms with E-state index in [4.69, 9.17) is 4.98 Å². The summed E-state index contributed by atoms with van der Waals surface area (Å²) in [5, 5.41) is 6.21. The van der Waals surface area contributed by atoms with E-state index in [1.165, 1.54) is 37.0 Å². The predicted octanol–water partition coefficient (Wildman–Crippen LogP) is 2.30. The zero-order valence-electron chi connectivity index (χ0n) is 13.6. The Labute approximate surface area is 136 Å². The van der Waals surface area contributed by atoms with Crippen LogP contribution in [-0.2, 0) is 17.8 Å². The molecule has 0 aliphatic heterocycles. The van der Waals surface area contributed by atoms with Crippen LogP contribution in [0.25, 0.3) is 11.0 Å². The van der Waals surface area contributed by atoms with Crippen molar-refractivity contribution in [3.8, 4) is 0 Å². The van der Waals surface area contributed by atoms with E-state index in [-0.39, 0.29) is 5.91 Å². The Hall–Kier alpha value is -1.88. The van der Waals surface area contributed by atoms with Gasteiger partial charge in [0.25, 0.3) is 0 Å². The zero-order chi connectivity index (χ0) is 15.8. The molecule has 2 saturated carbocycles. The van der Waals surface area contributed by atoms with Gasteiger partial charge < -0.3 is 15.2 Å². The summed E-state index contributed by atoms with van der Waals surface area (Å²) < 4.78 is 2.40. The van der Waals surface area contributed by atoms with E-state index in [0.29, 0.717) is 25.2 Å². The summed E-state index contributed by atoms with van der Waals surface area (Å²) in [6.07, 6.45) is 5.90. The monoisotopic (exact) mass is 312 g/mol. The summed E-state index contributed by atoms with van der Waals surface area (Å²) in [6, 6.07) is 7.59. The number of fused-ring (bicyclic) bond motifs is 1. The van der Waals surface area contributed by atoms with E-state index in [9.17, 15) is 4.79 Å². The molecule has 1 aromatic heterocycles. The second-order valence-electron chi connectivity index (χ2n) is 6.74. The Kier molecular flexibility index (Phi) is 3.81. The Morgan fingerprint density at radius 2 is 2.13 bits per heavy atom. The van der Waals surface area contributed by atoms with Crippen molar-refractivity contribution in [1.29, 1.82) is 0 Å². The van der Waals surface area contributed by atoms with Crippen LogP contribution in [0.5, 0.6) is 0 Å². The maximum atomic E-state index is 11.8. The van der Waals surface area contributed by atoms with Gasteiger partial charge in [-0.05, 0) is 43.4 Å². The lowest BCUT2D eigenvalue weighted by Crippen LogP contribution is -2.34. The van der Waals surface area contributed by atoms with Crippen molar-refractivity contribution < 1.29 is 4.79 Å². The second-order valence-corrected chi connectivity index (χ2v) is 6.74. The largest absolute Gasteiger partial charge is 0.351 e. The third-order valence-corrected chi connectivity index (χ3v) is 4.67. The minimum Gasteiger partial charge on any atom is -0.351 e. The van der Waals surface area contributed by atoms with Gasteiger partial charge in [-0.2, -0.15) is 0 Å². The molecular weight excluding hydrogens is 288 g/mol. The number of amides is 1. The first kappa shape index (κ1) is 14.7. The predicted molar refractivity (Wildman–Crippen MR) is 90.3 cm³/mol. The molecule has 0 unspecified atom stereocenters. The summed E-state index contributed by atoms with van der Waals surface area (Å²) in [4.78, 5) is 16.6. The van der Waals surface area contributed by atoms with Crippen molar-refractivity contribution in [2.45, 2.75) is 57.7 Å². The van der Waals surface area contributed by atoms with Crippen molar-refractivity contribution >= 4 is 16.9 Å². The fraction of sp³-hybridized carbons (Fsp3) is 0.556. The molecule has 2 aliphatic rings. The highest BCUT2D eigenvalue weighted by Gasteiger charge is 2.27. The molecule has 5 heteroatoms. The maximum absolute atomic E-state index is 11.8. The molecule has 1 heterocycles. The van der Waals surface area contributed by atoms with Gasteiger partial charge >= 0.3 is 0 Å². The lowest BCUT2D eigenvalue weighted by Gasteiger charge is -2.07. The minimum absolute atomic E-state index is 0.0646. The SMILES string of the molecule is CCc1nc2cc(CNC(=O)CNC3CC3)ccc2n1C1CC1. The third kappa shape index (κ3) is 3.24. The number of hydrogen-bond acceptors (Lipinski definition) is 3. The van der Waals surface area contributed by atoms with Gasteiger partial charge in [-0.3, -0.25) is 4.79 Å². The lowest BCUT2D eigenvalue weighted by molar-refractivity contribution is -0.120. The van der Waals surface area contributed by atoms with E-state index in [1.807, 2.05) is 0 Å². The van der Waals surface area contributed by atoms with Gasteiger partial charge in [-0.1, -0.05) is 13.0 Å². The van der Waals surface area contributed by atoms with E-state index in [1.54, 1.807) is 0 Å². The Morgan fingerprint density at radius 3 is 2.83 bits per heavy atom. The lowest BCUT2D eigenvalue weighted by atomic mass is 10.2. The van der Waals surface area contributed by atoms with Crippen LogP contribution in [0.3, 0.4) is 0 Å². The molecule has 1 aromatic carbocycles. The third-order valence-electron chi connectivity index (χ3n) is 4.67. The fourth-order valence-corrected chi connectivity index (χ4v) is 3.08. The zero-order valence-corrected chi connectivity index (χ0v) is 13.6. The molecule has 23 heavy (non-hydrogen) atoms. The van der Waals surface area contributed by atoms with Gasteiger partial charge in [-0.25, -0.2) is 4.98 Å². The standard InChI is InChI=1S/C18H24N4O/c1-2-17-21-15-9-12(3-8-16(15)22(17)14-6-7-14)10-20-18(23)11-19-13-4-5-13/h3,8-9,13-14,19H,2,4-7,10-11H2,1H3,(H,20,23). The molecule has 2 aromatic rings. The van der Waals surface area contributed by atoms with Crippen LogP contribution in [-0.4, -0.2) is 28.0 Å². The molecule has 2 N–H and O–H groups in total. The molecule has 1 amide bonds. The molecule has 0 atom stereocenters. The number of benzene rings is 1. The molecule has 0 saturated heterocycles. The van der Waals surface area contributed by atoms with E-state index in [0.717, 1.165) is 17.5 Å². The number of aromatic nitrogens is 2. The van der Waals surface area contributed by atoms with Gasteiger partial charge in [0.1, 0.15) is 5.82 Å². The van der Waals surface area contributed by atoms with Gasteiger partial charge in [0.05, 0.1) is 17.6 Å². The van der Waals surface area contributed by atoms with Gasteiger partial charge in [0.15, 0.2) is 0 Å². The van der Waals surface area contributed by atoms with E-state index < -0.39 is 0 Å². The van der Waals surface area contributed by atoms with Crippen LogP contribution in [0.2, 0.25) is 0 Å². The average molecular weight is 312 g/mol. The number of hydrogen-bond donors (Lipinski definition) is 2. The summed E-state index contributed by atoms with van der Waals surface area (Å²) in [6.45, 7) is 3.15. The number of rotatable bonds is 7. The highest BCUT2D eigenvalue weighted by molar-refractivity contribution is 5.79. The average Bonchev–Trinajstić information content (AvgIpc) is 3.48. The number of nitrogens with zero attached hydrogens (tertiary/aromatic N) is 2. The number of aryl methyl sites for hydroxylation is 1. The van der Waals surface area contributed by atoms with Crippen LogP contribution < -0.4 is 10.6 Å². The number of nitrogens with one attached hydrogen (secondary N) is 2. The quantitative estimate of drug-likeness (QED) is 0.825. The second kappa shape index (κ2) is 5.96. The van der Waals surface area contributed by atoms with Crippen LogP contribution in [0, 0.1) is 0 Å². The van der Waals surface area contributed by atoms with Crippen molar-refractivity contribution in [3.05, 3.63) is 29.6 Å². The fourth-order valence-electron chi connectivity index (χ4n) is 3.08. The molecule has 0 bridgehead atoms. The minimum atomic E-state index is 0.0646. The smallest absolute Gasteiger partial charge is 0.234 e. The summed E-state index contributed by atoms with van der Waals surface area (Å²) in [5.74, 6) is 1.24. The molecular formula is C18H24N4O. The molecule has 4 rings (SSSR count). The first-order chi connectivity index (χ1) is 11.2. The number of carbonyl (C=O) groups excluding carboxylic acids is 1. The highest BCUT2D eigenvalue weighted by atomic mass is 16.1. The first-order valence-electron chi connectivity index (χ1n) is 8.74. The molecule has 0 spiro atoms. The van der Waals surface area contributed by atoms with Crippen LogP contribution in [0.4, 0.5) is 0 Å². The van der Waals surface area contributed by atoms with Gasteiger partial charge in [0, 0.05) is 25.0 Å². The summed E-state index contributed by atoms with van der Waals surface area (Å²) >= 11 is 0. The highest BCUT2D eigenvalue weighted by Crippen LogP contribution is 2.38. The van der Waals surface area contributed by atoms with Gasteiger partial charge in [0.2, 0.25) is 5.91 Å². The Bertz CT molecular complexity index is 728. The number of carbonyl (C=O) groups is 1. The van der Waals surface area contributed by atoms with Crippen LogP contribution >= 0.6 is 0 Å². The maximum Gasteiger partial charge on any atom is 0.234 e. The Morgan fingerprint density at radius 1 is 1.30 bits per heavy atom. The topological polar surface area (TPSA) is 59.0 Å². The van der Waals surface area contributed by atoms with E-state index >= 15 is 0 Å². The van der Waals surface area contributed by atoms with Crippen molar-refractivity contribution in [2.75, 3.05) is 6.54 Å². The Balaban J connectivity index is 1.44. The molecule has 2 aliphatic carbocycles. The molecule has 0 radical (unpaired) electrons.